The predicted molar refractivity (Wildman–Crippen MR) is 58.0 cm³/mol. The molecule has 0 amide bonds. The maximum absolute atomic E-state index is 8.65. The van der Waals surface area contributed by atoms with Gasteiger partial charge in [-0.2, -0.15) is 5.26 Å². The van der Waals surface area contributed by atoms with Crippen molar-refractivity contribution in [1.29, 1.82) is 5.26 Å². The third-order valence-electron chi connectivity index (χ3n) is 2.77. The van der Waals surface area contributed by atoms with Crippen LogP contribution in [0.25, 0.3) is 0 Å². The van der Waals surface area contributed by atoms with Crippen LogP contribution in [0, 0.1) is 11.3 Å². The van der Waals surface area contributed by atoms with E-state index < -0.39 is 0 Å². The molecule has 0 unspecified atom stereocenters. The molecule has 0 atom stereocenters. The highest BCUT2D eigenvalue weighted by Crippen LogP contribution is 2.06. The third-order valence-corrected chi connectivity index (χ3v) is 2.77. The van der Waals surface area contributed by atoms with Crippen molar-refractivity contribution >= 4 is 0 Å². The van der Waals surface area contributed by atoms with Gasteiger partial charge in [0.05, 0.1) is 12.6 Å². The van der Waals surface area contributed by atoms with Crippen LogP contribution in [0.15, 0.2) is 0 Å². The molecule has 0 aliphatic carbocycles. The number of hydrogen-bond donors (Lipinski definition) is 0. The molecular formula is C11H21N3. The Morgan fingerprint density at radius 1 is 1.29 bits per heavy atom. The summed E-state index contributed by atoms with van der Waals surface area (Å²) in [6.45, 7) is 8.52. The topological polar surface area (TPSA) is 30.3 Å². The van der Waals surface area contributed by atoms with Crippen molar-refractivity contribution in [3.05, 3.63) is 0 Å². The lowest BCUT2D eigenvalue weighted by molar-refractivity contribution is 0.243. The van der Waals surface area contributed by atoms with Gasteiger partial charge in [-0.3, -0.25) is 4.90 Å². The van der Waals surface area contributed by atoms with Crippen LogP contribution >= 0.6 is 0 Å². The monoisotopic (exact) mass is 195 g/mol. The van der Waals surface area contributed by atoms with E-state index in [2.05, 4.69) is 22.8 Å². The summed E-state index contributed by atoms with van der Waals surface area (Å²) in [6, 6.07) is 2.24. The Morgan fingerprint density at radius 2 is 2.00 bits per heavy atom. The summed E-state index contributed by atoms with van der Waals surface area (Å²) in [4.78, 5) is 4.75. The minimum absolute atomic E-state index is 0.585. The zero-order valence-corrected chi connectivity index (χ0v) is 9.21. The molecule has 80 valence electrons. The second-order valence-corrected chi connectivity index (χ2v) is 3.98. The molecule has 0 aromatic rings. The van der Waals surface area contributed by atoms with E-state index >= 15 is 0 Å². The fourth-order valence-corrected chi connectivity index (χ4v) is 1.98. The number of nitriles is 1. The van der Waals surface area contributed by atoms with Crippen LogP contribution in [0.2, 0.25) is 0 Å². The van der Waals surface area contributed by atoms with Crippen molar-refractivity contribution in [2.24, 2.45) is 0 Å². The maximum atomic E-state index is 8.65. The molecular weight excluding hydrogens is 174 g/mol. The molecule has 3 heteroatoms. The molecule has 0 aromatic carbocycles. The number of likely N-dealkylation sites (tertiary alicyclic amines) is 1. The third kappa shape index (κ3) is 4.08. The summed E-state index contributed by atoms with van der Waals surface area (Å²) in [7, 11) is 0. The van der Waals surface area contributed by atoms with Crippen LogP contribution in [0.3, 0.4) is 0 Å². The quantitative estimate of drug-likeness (QED) is 0.599. The normalized spacial score (nSPS) is 17.5. The van der Waals surface area contributed by atoms with E-state index in [0.717, 1.165) is 26.1 Å². The number of rotatable bonds is 6. The van der Waals surface area contributed by atoms with Gasteiger partial charge < -0.3 is 4.90 Å². The summed E-state index contributed by atoms with van der Waals surface area (Å²) >= 11 is 0. The van der Waals surface area contributed by atoms with E-state index in [4.69, 9.17) is 5.26 Å². The molecule has 1 rings (SSSR count). The summed E-state index contributed by atoms with van der Waals surface area (Å²) in [5, 5.41) is 8.65. The van der Waals surface area contributed by atoms with Gasteiger partial charge in [0.2, 0.25) is 0 Å². The molecule has 14 heavy (non-hydrogen) atoms. The first kappa shape index (κ1) is 11.5. The zero-order valence-electron chi connectivity index (χ0n) is 9.21. The highest BCUT2D eigenvalue weighted by atomic mass is 15.2. The number of nitrogens with zero attached hydrogens (tertiary/aromatic N) is 3. The molecule has 1 fully saturated rings. The highest BCUT2D eigenvalue weighted by Gasteiger charge is 2.12. The van der Waals surface area contributed by atoms with E-state index in [1.807, 2.05) is 0 Å². The Labute approximate surface area is 87.3 Å². The summed E-state index contributed by atoms with van der Waals surface area (Å²) in [5.41, 5.74) is 0. The maximum Gasteiger partial charge on any atom is 0.0866 e. The second kappa shape index (κ2) is 6.80. The molecule has 0 spiro atoms. The Kier molecular flexibility index (Phi) is 5.58. The molecule has 1 aliphatic heterocycles. The summed E-state index contributed by atoms with van der Waals surface area (Å²) in [5.74, 6) is 0. The Hall–Kier alpha value is -0.590. The zero-order chi connectivity index (χ0) is 10.2. The Bertz CT molecular complexity index is 179. The van der Waals surface area contributed by atoms with E-state index in [-0.39, 0.29) is 0 Å². The molecule has 0 saturated carbocycles. The standard InChI is InChI=1S/C11H21N3/c1-2-6-13(9-5-12)10-11-14-7-3-4-8-14/h2-4,6-11H2,1H3. The van der Waals surface area contributed by atoms with E-state index in [1.165, 1.54) is 25.9 Å². The smallest absolute Gasteiger partial charge is 0.0866 e. The van der Waals surface area contributed by atoms with Gasteiger partial charge in [-0.25, -0.2) is 0 Å². The van der Waals surface area contributed by atoms with Crippen LogP contribution in [0.5, 0.6) is 0 Å². The molecule has 0 aromatic heterocycles. The van der Waals surface area contributed by atoms with Gasteiger partial charge in [0, 0.05) is 13.1 Å². The van der Waals surface area contributed by atoms with E-state index in [0.29, 0.717) is 6.54 Å². The largest absolute Gasteiger partial charge is 0.302 e. The Balaban J connectivity index is 2.14. The predicted octanol–water partition coefficient (Wildman–Crippen LogP) is 1.32. The Morgan fingerprint density at radius 3 is 2.57 bits per heavy atom. The summed E-state index contributed by atoms with van der Waals surface area (Å²) in [6.07, 6.45) is 3.85. The second-order valence-electron chi connectivity index (χ2n) is 3.98. The van der Waals surface area contributed by atoms with Crippen LogP contribution in [-0.4, -0.2) is 49.1 Å². The molecule has 0 bridgehead atoms. The molecule has 0 radical (unpaired) electrons. The first-order valence-corrected chi connectivity index (χ1v) is 5.68. The fraction of sp³-hybridized carbons (Fsp3) is 0.909. The van der Waals surface area contributed by atoms with Crippen LogP contribution in [-0.2, 0) is 0 Å². The van der Waals surface area contributed by atoms with Crippen molar-refractivity contribution < 1.29 is 0 Å². The first-order valence-electron chi connectivity index (χ1n) is 5.68. The lowest BCUT2D eigenvalue weighted by atomic mass is 10.4. The van der Waals surface area contributed by atoms with Gasteiger partial charge in [-0.05, 0) is 38.9 Å². The van der Waals surface area contributed by atoms with Gasteiger partial charge in [0.1, 0.15) is 0 Å². The highest BCUT2D eigenvalue weighted by molar-refractivity contribution is 4.77. The fourth-order valence-electron chi connectivity index (χ4n) is 1.98. The van der Waals surface area contributed by atoms with E-state index in [1.54, 1.807) is 0 Å². The van der Waals surface area contributed by atoms with Crippen LogP contribution < -0.4 is 0 Å². The van der Waals surface area contributed by atoms with Crippen molar-refractivity contribution in [3.63, 3.8) is 0 Å². The minimum Gasteiger partial charge on any atom is -0.302 e. The lowest BCUT2D eigenvalue weighted by Gasteiger charge is -2.22. The van der Waals surface area contributed by atoms with Gasteiger partial charge in [0.25, 0.3) is 0 Å². The minimum atomic E-state index is 0.585. The van der Waals surface area contributed by atoms with Crippen LogP contribution in [0.4, 0.5) is 0 Å². The van der Waals surface area contributed by atoms with E-state index in [9.17, 15) is 0 Å². The average Bonchev–Trinajstić information content (AvgIpc) is 2.67. The van der Waals surface area contributed by atoms with Crippen molar-refractivity contribution in [2.45, 2.75) is 26.2 Å². The average molecular weight is 195 g/mol. The summed E-state index contributed by atoms with van der Waals surface area (Å²) < 4.78 is 0. The van der Waals surface area contributed by atoms with Crippen molar-refractivity contribution in [1.82, 2.24) is 9.80 Å². The van der Waals surface area contributed by atoms with Gasteiger partial charge in [-0.15, -0.1) is 0 Å². The molecule has 1 saturated heterocycles. The molecule has 1 aliphatic rings. The van der Waals surface area contributed by atoms with Crippen LogP contribution in [0.1, 0.15) is 26.2 Å². The van der Waals surface area contributed by atoms with Gasteiger partial charge in [-0.1, -0.05) is 6.92 Å². The SMILES string of the molecule is CCCN(CC#N)CCN1CCCC1. The molecule has 1 heterocycles. The first-order chi connectivity index (χ1) is 6.86. The van der Waals surface area contributed by atoms with Gasteiger partial charge >= 0.3 is 0 Å². The van der Waals surface area contributed by atoms with Crippen molar-refractivity contribution in [3.8, 4) is 6.07 Å². The molecule has 3 nitrogen and oxygen atoms in total. The van der Waals surface area contributed by atoms with Gasteiger partial charge in [0.15, 0.2) is 0 Å². The molecule has 0 N–H and O–H groups in total. The lowest BCUT2D eigenvalue weighted by Crippen LogP contribution is -2.34. The number of hydrogen-bond acceptors (Lipinski definition) is 3. The van der Waals surface area contributed by atoms with Crippen molar-refractivity contribution in [2.75, 3.05) is 39.3 Å².